The van der Waals surface area contributed by atoms with Crippen LogP contribution in [0.15, 0.2) is 48.8 Å². The minimum Gasteiger partial charge on any atom is -0.485 e. The number of rotatable bonds is 6. The second kappa shape index (κ2) is 7.70. The second-order valence-corrected chi connectivity index (χ2v) is 6.63. The maximum absolute atomic E-state index is 12.4. The highest BCUT2D eigenvalue weighted by Crippen LogP contribution is 2.30. The summed E-state index contributed by atoms with van der Waals surface area (Å²) in [5.74, 6) is 1.13. The number of carbonyl (C=O) groups is 1. The number of nitrogens with one attached hydrogen (secondary N) is 1. The minimum absolute atomic E-state index is 0.153. The lowest BCUT2D eigenvalue weighted by molar-refractivity contribution is -0.130. The van der Waals surface area contributed by atoms with E-state index in [1.807, 2.05) is 36.5 Å². The molecule has 1 unspecified atom stereocenters. The number of amides is 1. The molecule has 0 fully saturated rings. The van der Waals surface area contributed by atoms with Crippen LogP contribution in [-0.4, -0.2) is 34.7 Å². The number of pyridine rings is 1. The first-order valence-electron chi connectivity index (χ1n) is 9.35. The normalized spacial score (nSPS) is 15.7. The van der Waals surface area contributed by atoms with Gasteiger partial charge < -0.3 is 19.4 Å². The van der Waals surface area contributed by atoms with E-state index in [1.165, 1.54) is 5.56 Å². The van der Waals surface area contributed by atoms with E-state index in [2.05, 4.69) is 34.1 Å². The van der Waals surface area contributed by atoms with Crippen molar-refractivity contribution in [2.45, 2.75) is 32.4 Å². The van der Waals surface area contributed by atoms with Crippen LogP contribution >= 0.6 is 0 Å². The molecule has 0 bridgehead atoms. The van der Waals surface area contributed by atoms with Crippen LogP contribution in [0.25, 0.3) is 11.0 Å². The predicted octanol–water partition coefficient (Wildman–Crippen LogP) is 2.95. The van der Waals surface area contributed by atoms with Gasteiger partial charge in [-0.3, -0.25) is 4.79 Å². The molecule has 1 aliphatic heterocycles. The molecule has 1 atom stereocenters. The van der Waals surface area contributed by atoms with Crippen molar-refractivity contribution in [1.82, 2.24) is 14.9 Å². The molecule has 4 rings (SSSR count). The largest absolute Gasteiger partial charge is 0.485 e. The molecule has 2 aromatic heterocycles. The Labute approximate surface area is 158 Å². The molecule has 0 radical (unpaired) electrons. The monoisotopic (exact) mass is 365 g/mol. The molecule has 0 saturated heterocycles. The Morgan fingerprint density at radius 3 is 2.96 bits per heavy atom. The third-order valence-corrected chi connectivity index (χ3v) is 4.68. The van der Waals surface area contributed by atoms with E-state index < -0.39 is 6.10 Å². The molecule has 27 heavy (non-hydrogen) atoms. The number of carbonyl (C=O) groups excluding carboxylic acids is 1. The van der Waals surface area contributed by atoms with Crippen LogP contribution in [0.3, 0.4) is 0 Å². The smallest absolute Gasteiger partial charge is 0.264 e. The van der Waals surface area contributed by atoms with E-state index >= 15 is 0 Å². The van der Waals surface area contributed by atoms with Crippen LogP contribution in [0.5, 0.6) is 11.5 Å². The van der Waals surface area contributed by atoms with E-state index in [1.54, 1.807) is 0 Å². The summed E-state index contributed by atoms with van der Waals surface area (Å²) in [4.78, 5) is 16.9. The third kappa shape index (κ3) is 3.60. The fourth-order valence-electron chi connectivity index (χ4n) is 3.39. The Morgan fingerprint density at radius 1 is 1.26 bits per heavy atom. The van der Waals surface area contributed by atoms with Gasteiger partial charge in [0.05, 0.1) is 0 Å². The van der Waals surface area contributed by atoms with Crippen molar-refractivity contribution in [2.24, 2.45) is 0 Å². The number of hydrogen-bond donors (Lipinski definition) is 1. The van der Waals surface area contributed by atoms with Gasteiger partial charge in [-0.1, -0.05) is 19.1 Å². The van der Waals surface area contributed by atoms with Crippen LogP contribution < -0.4 is 14.8 Å². The molecular formula is C21H23N3O3. The summed E-state index contributed by atoms with van der Waals surface area (Å²) in [7, 11) is 0. The highest BCUT2D eigenvalue weighted by Gasteiger charge is 2.26. The van der Waals surface area contributed by atoms with Crippen LogP contribution in [-0.2, 0) is 17.8 Å². The van der Waals surface area contributed by atoms with Crippen LogP contribution in [0, 0.1) is 0 Å². The SMILES string of the molecule is CCCn1cc(CCNC(=O)C2COc3ccccc3O2)c2cccnc21. The van der Waals surface area contributed by atoms with Crippen molar-refractivity contribution in [3.8, 4) is 11.5 Å². The molecule has 1 N–H and O–H groups in total. The molecule has 1 amide bonds. The van der Waals surface area contributed by atoms with Gasteiger partial charge in [-0.25, -0.2) is 4.98 Å². The zero-order valence-electron chi connectivity index (χ0n) is 15.4. The fourth-order valence-corrected chi connectivity index (χ4v) is 3.39. The molecule has 3 aromatic rings. The molecule has 6 heteroatoms. The summed E-state index contributed by atoms with van der Waals surface area (Å²) in [5, 5.41) is 4.11. The number of aryl methyl sites for hydroxylation is 1. The Hall–Kier alpha value is -3.02. The van der Waals surface area contributed by atoms with Crippen molar-refractivity contribution in [3.05, 3.63) is 54.4 Å². The first kappa shape index (κ1) is 17.4. The number of ether oxygens (including phenoxy) is 2. The van der Waals surface area contributed by atoms with Gasteiger partial charge in [0.15, 0.2) is 11.5 Å². The van der Waals surface area contributed by atoms with Crippen molar-refractivity contribution in [1.29, 1.82) is 0 Å². The molecule has 1 aromatic carbocycles. The zero-order chi connectivity index (χ0) is 18.6. The van der Waals surface area contributed by atoms with Crippen molar-refractivity contribution < 1.29 is 14.3 Å². The zero-order valence-corrected chi connectivity index (χ0v) is 15.4. The standard InChI is InChI=1S/C21H23N3O3/c1-2-12-24-13-15(16-6-5-10-22-20(16)24)9-11-23-21(25)19-14-26-17-7-3-4-8-18(17)27-19/h3-8,10,13,19H,2,9,11-12,14H2,1H3,(H,23,25). The average Bonchev–Trinajstić information content (AvgIpc) is 3.06. The van der Waals surface area contributed by atoms with Gasteiger partial charge in [0.25, 0.3) is 5.91 Å². The molecule has 3 heterocycles. The molecule has 0 aliphatic carbocycles. The van der Waals surface area contributed by atoms with E-state index in [-0.39, 0.29) is 12.5 Å². The van der Waals surface area contributed by atoms with Gasteiger partial charge in [0.2, 0.25) is 6.10 Å². The van der Waals surface area contributed by atoms with Gasteiger partial charge in [-0.15, -0.1) is 0 Å². The number of hydrogen-bond acceptors (Lipinski definition) is 4. The van der Waals surface area contributed by atoms with E-state index in [0.717, 1.165) is 30.4 Å². The molecule has 1 aliphatic rings. The quantitative estimate of drug-likeness (QED) is 0.729. The summed E-state index contributed by atoms with van der Waals surface area (Å²) in [6.07, 6.45) is 5.14. The van der Waals surface area contributed by atoms with E-state index in [4.69, 9.17) is 9.47 Å². The average molecular weight is 365 g/mol. The second-order valence-electron chi connectivity index (χ2n) is 6.63. The van der Waals surface area contributed by atoms with Crippen molar-refractivity contribution in [2.75, 3.05) is 13.2 Å². The third-order valence-electron chi connectivity index (χ3n) is 4.68. The van der Waals surface area contributed by atoms with Crippen molar-refractivity contribution >= 4 is 16.9 Å². The Balaban J connectivity index is 1.38. The maximum atomic E-state index is 12.4. The van der Waals surface area contributed by atoms with E-state index in [9.17, 15) is 4.79 Å². The number of aromatic nitrogens is 2. The summed E-state index contributed by atoms with van der Waals surface area (Å²) >= 11 is 0. The highest BCUT2D eigenvalue weighted by molar-refractivity contribution is 5.82. The summed E-state index contributed by atoms with van der Waals surface area (Å²) in [6.45, 7) is 3.86. The lowest BCUT2D eigenvalue weighted by atomic mass is 10.1. The number of fused-ring (bicyclic) bond motifs is 2. The minimum atomic E-state index is -0.622. The summed E-state index contributed by atoms with van der Waals surface area (Å²) < 4.78 is 13.5. The highest BCUT2D eigenvalue weighted by atomic mass is 16.6. The number of para-hydroxylation sites is 2. The van der Waals surface area contributed by atoms with Crippen LogP contribution in [0.2, 0.25) is 0 Å². The van der Waals surface area contributed by atoms with Crippen LogP contribution in [0.1, 0.15) is 18.9 Å². The molecular weight excluding hydrogens is 342 g/mol. The van der Waals surface area contributed by atoms with Gasteiger partial charge in [-0.2, -0.15) is 0 Å². The van der Waals surface area contributed by atoms with E-state index in [0.29, 0.717) is 18.0 Å². The first-order valence-corrected chi connectivity index (χ1v) is 9.35. The first-order chi connectivity index (χ1) is 13.3. The Morgan fingerprint density at radius 2 is 2.11 bits per heavy atom. The Bertz CT molecular complexity index is 951. The summed E-state index contributed by atoms with van der Waals surface area (Å²) in [6, 6.07) is 11.4. The molecule has 140 valence electrons. The molecule has 6 nitrogen and oxygen atoms in total. The fraction of sp³-hybridized carbons (Fsp3) is 0.333. The predicted molar refractivity (Wildman–Crippen MR) is 103 cm³/mol. The number of benzene rings is 1. The lowest BCUT2D eigenvalue weighted by Gasteiger charge is -2.25. The topological polar surface area (TPSA) is 65.4 Å². The molecule has 0 saturated carbocycles. The lowest BCUT2D eigenvalue weighted by Crippen LogP contribution is -2.44. The number of nitrogens with zero attached hydrogens (tertiary/aromatic N) is 2. The molecule has 0 spiro atoms. The maximum Gasteiger partial charge on any atom is 0.264 e. The summed E-state index contributed by atoms with van der Waals surface area (Å²) in [5.41, 5.74) is 2.19. The van der Waals surface area contributed by atoms with Crippen LogP contribution in [0.4, 0.5) is 0 Å². The van der Waals surface area contributed by atoms with Crippen molar-refractivity contribution in [3.63, 3.8) is 0 Å². The Kier molecular flexibility index (Phi) is 4.96. The van der Waals surface area contributed by atoms with Gasteiger partial charge in [0, 0.05) is 30.9 Å². The van der Waals surface area contributed by atoms with Gasteiger partial charge in [-0.05, 0) is 42.7 Å². The van der Waals surface area contributed by atoms with Gasteiger partial charge in [0.1, 0.15) is 12.3 Å². The van der Waals surface area contributed by atoms with Gasteiger partial charge >= 0.3 is 0 Å².